The SMILES string of the molecule is CCCCCCCCCCCCCCCCCC/C=C/C(O)C(COC1OC(CO)C(OC2OC(CO)C(OC3OC(CO)C(O)C(O)C3O)C(O)C2O)C(O)C1O)NC(=O)CCCCCCCCCCCCCCCCCCCCCCCCCCCCCCCCCCCC. The lowest BCUT2D eigenvalue weighted by Crippen LogP contribution is -2.66. The molecule has 17 unspecified atom stereocenters. The molecule has 3 aliphatic heterocycles. The summed E-state index contributed by atoms with van der Waals surface area (Å²) in [5.74, 6) is -0.267. The fraction of sp³-hybridized carbons (Fsp3) is 0.962. The predicted molar refractivity (Wildman–Crippen MR) is 383 cm³/mol. The zero-order valence-corrected chi connectivity index (χ0v) is 61.3. The number of nitrogens with one attached hydrogen (secondary N) is 1. The van der Waals surface area contributed by atoms with Gasteiger partial charge in [0.05, 0.1) is 38.6 Å². The van der Waals surface area contributed by atoms with Gasteiger partial charge in [0.1, 0.15) is 73.2 Å². The van der Waals surface area contributed by atoms with E-state index < -0.39 is 124 Å². The molecule has 3 saturated heterocycles. The second-order valence-corrected chi connectivity index (χ2v) is 29.2. The Morgan fingerprint density at radius 3 is 0.969 bits per heavy atom. The molecule has 3 fully saturated rings. The average Bonchev–Trinajstić information content (AvgIpc) is 0.788. The number of carbonyl (C=O) groups is 1. The first-order chi connectivity index (χ1) is 47.3. The Morgan fingerprint density at radius 1 is 0.361 bits per heavy atom. The van der Waals surface area contributed by atoms with E-state index in [9.17, 15) is 61.0 Å². The van der Waals surface area contributed by atoms with Crippen LogP contribution in [0.1, 0.15) is 348 Å². The van der Waals surface area contributed by atoms with Crippen LogP contribution in [-0.2, 0) is 33.2 Å². The molecule has 0 aromatic carbocycles. The molecular weight excluding hydrogens is 1240 g/mol. The highest BCUT2D eigenvalue weighted by atomic mass is 16.8. The maximum Gasteiger partial charge on any atom is 0.220 e. The molecule has 574 valence electrons. The molecule has 17 atom stereocenters. The monoisotopic (exact) mass is 1390 g/mol. The molecular formula is C78H149NO18. The van der Waals surface area contributed by atoms with Gasteiger partial charge in [-0.1, -0.05) is 334 Å². The summed E-state index contributed by atoms with van der Waals surface area (Å²) in [5.41, 5.74) is 0. The zero-order valence-electron chi connectivity index (χ0n) is 61.3. The summed E-state index contributed by atoms with van der Waals surface area (Å²) in [4.78, 5) is 13.5. The first kappa shape index (κ1) is 89.7. The van der Waals surface area contributed by atoms with E-state index in [-0.39, 0.29) is 18.9 Å². The average molecular weight is 1390 g/mol. The van der Waals surface area contributed by atoms with E-state index >= 15 is 0 Å². The van der Waals surface area contributed by atoms with E-state index in [1.165, 1.54) is 276 Å². The first-order valence-electron chi connectivity index (χ1n) is 40.4. The van der Waals surface area contributed by atoms with Gasteiger partial charge in [0, 0.05) is 6.42 Å². The lowest BCUT2D eigenvalue weighted by atomic mass is 9.96. The lowest BCUT2D eigenvalue weighted by Gasteiger charge is -2.48. The summed E-state index contributed by atoms with van der Waals surface area (Å²) in [6.07, 6.45) is 43.6. The Morgan fingerprint density at radius 2 is 0.639 bits per heavy atom. The Labute approximate surface area is 588 Å². The Bertz CT molecular complexity index is 1800. The topological polar surface area (TPSA) is 307 Å². The van der Waals surface area contributed by atoms with Crippen LogP contribution in [0.25, 0.3) is 0 Å². The molecule has 3 rings (SSSR count). The van der Waals surface area contributed by atoms with Crippen molar-refractivity contribution >= 4 is 5.91 Å². The van der Waals surface area contributed by atoms with Gasteiger partial charge in [-0.15, -0.1) is 0 Å². The van der Waals surface area contributed by atoms with Gasteiger partial charge in [0.25, 0.3) is 0 Å². The van der Waals surface area contributed by atoms with Gasteiger partial charge in [-0.25, -0.2) is 0 Å². The van der Waals surface area contributed by atoms with E-state index in [1.54, 1.807) is 6.08 Å². The van der Waals surface area contributed by atoms with Crippen molar-refractivity contribution < 1.29 is 89.4 Å². The van der Waals surface area contributed by atoms with Gasteiger partial charge >= 0.3 is 0 Å². The highest BCUT2D eigenvalue weighted by Crippen LogP contribution is 2.33. The summed E-state index contributed by atoms with van der Waals surface area (Å²) >= 11 is 0. The van der Waals surface area contributed by atoms with Crippen LogP contribution in [0.3, 0.4) is 0 Å². The van der Waals surface area contributed by atoms with Gasteiger partial charge in [0.15, 0.2) is 18.9 Å². The summed E-state index contributed by atoms with van der Waals surface area (Å²) in [7, 11) is 0. The Balaban J connectivity index is 1.33. The van der Waals surface area contributed by atoms with Crippen molar-refractivity contribution in [3.05, 3.63) is 12.2 Å². The van der Waals surface area contributed by atoms with E-state index in [0.29, 0.717) is 6.42 Å². The van der Waals surface area contributed by atoms with E-state index in [0.717, 1.165) is 44.9 Å². The third-order valence-corrected chi connectivity index (χ3v) is 20.6. The number of ether oxygens (including phenoxy) is 6. The van der Waals surface area contributed by atoms with Gasteiger partial charge in [0.2, 0.25) is 5.91 Å². The number of aliphatic hydroxyl groups is 11. The number of unbranched alkanes of at least 4 members (excludes halogenated alkanes) is 49. The number of rotatable bonds is 65. The Hall–Kier alpha value is -1.47. The van der Waals surface area contributed by atoms with E-state index in [2.05, 4.69) is 19.2 Å². The zero-order chi connectivity index (χ0) is 70.4. The fourth-order valence-electron chi connectivity index (χ4n) is 14.1. The normalized spacial score (nSPS) is 26.9. The summed E-state index contributed by atoms with van der Waals surface area (Å²) in [6, 6.07) is -0.969. The van der Waals surface area contributed by atoms with Crippen LogP contribution in [-0.4, -0.2) is 193 Å². The van der Waals surface area contributed by atoms with Crippen molar-refractivity contribution in [1.82, 2.24) is 5.32 Å². The number of hydrogen-bond acceptors (Lipinski definition) is 18. The van der Waals surface area contributed by atoms with E-state index in [4.69, 9.17) is 28.4 Å². The van der Waals surface area contributed by atoms with Crippen LogP contribution in [0.15, 0.2) is 12.2 Å². The van der Waals surface area contributed by atoms with Crippen LogP contribution in [0.2, 0.25) is 0 Å². The van der Waals surface area contributed by atoms with Gasteiger partial charge in [-0.05, 0) is 19.3 Å². The molecule has 0 aliphatic carbocycles. The van der Waals surface area contributed by atoms with Gasteiger partial charge < -0.3 is 89.9 Å². The molecule has 19 heteroatoms. The summed E-state index contributed by atoms with van der Waals surface area (Å²) in [5, 5.41) is 121. The molecule has 0 aromatic heterocycles. The number of allylic oxidation sites excluding steroid dienone is 1. The molecule has 0 radical (unpaired) electrons. The van der Waals surface area contributed by atoms with Crippen LogP contribution >= 0.6 is 0 Å². The number of carbonyl (C=O) groups excluding carboxylic acids is 1. The molecule has 19 nitrogen and oxygen atoms in total. The van der Waals surface area contributed by atoms with E-state index in [1.807, 2.05) is 6.08 Å². The highest BCUT2D eigenvalue weighted by molar-refractivity contribution is 5.76. The predicted octanol–water partition coefficient (Wildman–Crippen LogP) is 13.2. The first-order valence-corrected chi connectivity index (χ1v) is 40.4. The highest BCUT2D eigenvalue weighted by Gasteiger charge is 2.54. The number of amides is 1. The third-order valence-electron chi connectivity index (χ3n) is 20.6. The molecule has 3 aliphatic rings. The van der Waals surface area contributed by atoms with Crippen molar-refractivity contribution in [1.29, 1.82) is 0 Å². The minimum Gasteiger partial charge on any atom is -0.394 e. The summed E-state index contributed by atoms with van der Waals surface area (Å²) < 4.78 is 34.4. The molecule has 0 bridgehead atoms. The molecule has 97 heavy (non-hydrogen) atoms. The van der Waals surface area contributed by atoms with Crippen molar-refractivity contribution in [3.8, 4) is 0 Å². The van der Waals surface area contributed by atoms with Crippen molar-refractivity contribution in [2.45, 2.75) is 452 Å². The maximum absolute atomic E-state index is 13.5. The van der Waals surface area contributed by atoms with Crippen LogP contribution in [0.4, 0.5) is 0 Å². The largest absolute Gasteiger partial charge is 0.394 e. The lowest BCUT2D eigenvalue weighted by molar-refractivity contribution is -0.379. The third kappa shape index (κ3) is 40.4. The van der Waals surface area contributed by atoms with Crippen LogP contribution < -0.4 is 5.32 Å². The maximum atomic E-state index is 13.5. The van der Waals surface area contributed by atoms with Crippen molar-refractivity contribution in [2.24, 2.45) is 0 Å². The molecule has 0 aromatic rings. The second kappa shape index (κ2) is 59.9. The number of hydrogen-bond donors (Lipinski definition) is 12. The minimum absolute atomic E-state index is 0.250. The van der Waals surface area contributed by atoms with Crippen LogP contribution in [0, 0.1) is 0 Å². The second-order valence-electron chi connectivity index (χ2n) is 29.2. The smallest absolute Gasteiger partial charge is 0.220 e. The van der Waals surface area contributed by atoms with Gasteiger partial charge in [-0.3, -0.25) is 4.79 Å². The quantitative estimate of drug-likeness (QED) is 0.0199. The summed E-state index contributed by atoms with van der Waals surface area (Å²) in [6.45, 7) is 1.79. The van der Waals surface area contributed by atoms with Crippen LogP contribution in [0.5, 0.6) is 0 Å². The molecule has 12 N–H and O–H groups in total. The Kier molecular flexibility index (Phi) is 55.4. The van der Waals surface area contributed by atoms with Crippen molar-refractivity contribution in [2.75, 3.05) is 26.4 Å². The molecule has 0 saturated carbocycles. The van der Waals surface area contributed by atoms with Gasteiger partial charge in [-0.2, -0.15) is 0 Å². The van der Waals surface area contributed by atoms with Crippen molar-refractivity contribution in [3.63, 3.8) is 0 Å². The fourth-order valence-corrected chi connectivity index (χ4v) is 14.1. The molecule has 0 spiro atoms. The minimum atomic E-state index is -1.98. The molecule has 1 amide bonds. The standard InChI is InChI=1S/C78H149NO18/c1-3-5-7-9-11-13-15-17-19-21-23-24-25-26-27-28-29-30-31-32-33-34-35-36-37-38-40-42-44-46-48-50-52-54-56-66(84)79-61(62(83)55-53-51-49-47-45-43-41-39-22-20-18-16-14-12-10-8-6-4-2)60-92-76-72(90)69(87)74(64(58-81)94-76)97-78-73(91)70(88)75(65(59-82)95-78)96-77-71(89)68(86)67(85)63(57-80)93-77/h53,55,61-65,67-78,80-83,85-91H,3-52,54,56-60H2,1-2H3,(H,79,84)/b55-53+. The number of aliphatic hydroxyl groups excluding tert-OH is 11. The molecule has 3 heterocycles.